The van der Waals surface area contributed by atoms with Crippen molar-refractivity contribution >= 4 is 0 Å². The average molecular weight is 144 g/mol. The highest BCUT2D eigenvalue weighted by Crippen LogP contribution is 2.15. The summed E-state index contributed by atoms with van der Waals surface area (Å²) in [5, 5.41) is 8.99. The van der Waals surface area contributed by atoms with Crippen LogP contribution in [0.25, 0.3) is 0 Å². The fraction of sp³-hybridized carbons (Fsp3) is 1.00. The van der Waals surface area contributed by atoms with E-state index in [0.717, 1.165) is 12.3 Å². The largest absolute Gasteiger partial charge is 0.393 e. The van der Waals surface area contributed by atoms with Crippen molar-refractivity contribution in [3.63, 3.8) is 0 Å². The van der Waals surface area contributed by atoms with Gasteiger partial charge in [0.25, 0.3) is 0 Å². The number of aliphatic hydroxyl groups excluding tert-OH is 1. The van der Waals surface area contributed by atoms with Crippen molar-refractivity contribution in [2.24, 2.45) is 5.92 Å². The van der Waals surface area contributed by atoms with Gasteiger partial charge < -0.3 is 5.11 Å². The molecule has 1 unspecified atom stereocenters. The van der Waals surface area contributed by atoms with Crippen LogP contribution in [-0.4, -0.2) is 11.2 Å². The molecule has 0 aliphatic heterocycles. The molecule has 1 atom stereocenters. The Bertz CT molecular complexity index is 65.1. The summed E-state index contributed by atoms with van der Waals surface area (Å²) in [5.41, 5.74) is 0. The Morgan fingerprint density at radius 2 is 1.60 bits per heavy atom. The molecular formula is C9H20O. The highest BCUT2D eigenvalue weighted by Gasteiger charge is 2.04. The Labute approximate surface area is 64.5 Å². The van der Waals surface area contributed by atoms with E-state index in [1.54, 1.807) is 0 Å². The van der Waals surface area contributed by atoms with Crippen LogP contribution in [0.2, 0.25) is 0 Å². The minimum absolute atomic E-state index is 0.111. The average Bonchev–Trinajstić information content (AvgIpc) is 1.90. The van der Waals surface area contributed by atoms with Gasteiger partial charge >= 0.3 is 0 Å². The van der Waals surface area contributed by atoms with Crippen molar-refractivity contribution in [1.82, 2.24) is 0 Å². The van der Waals surface area contributed by atoms with Gasteiger partial charge in [0.1, 0.15) is 0 Å². The first-order valence-corrected chi connectivity index (χ1v) is 4.38. The third-order valence-electron chi connectivity index (χ3n) is 2.15. The second-order valence-corrected chi connectivity index (χ2v) is 3.11. The summed E-state index contributed by atoms with van der Waals surface area (Å²) in [5.74, 6) is 0.828. The van der Waals surface area contributed by atoms with Crippen LogP contribution in [0.1, 0.15) is 46.5 Å². The molecule has 10 heavy (non-hydrogen) atoms. The molecule has 0 bridgehead atoms. The zero-order valence-electron chi connectivity index (χ0n) is 7.43. The van der Waals surface area contributed by atoms with E-state index < -0.39 is 0 Å². The molecular weight excluding hydrogens is 124 g/mol. The van der Waals surface area contributed by atoms with Gasteiger partial charge in [-0.25, -0.2) is 0 Å². The lowest BCUT2D eigenvalue weighted by Gasteiger charge is -2.12. The Hall–Kier alpha value is -0.0400. The third kappa shape index (κ3) is 4.80. The smallest absolute Gasteiger partial charge is 0.0512 e. The molecule has 1 nitrogen and oxygen atoms in total. The van der Waals surface area contributed by atoms with Crippen molar-refractivity contribution in [3.05, 3.63) is 0 Å². The van der Waals surface area contributed by atoms with E-state index in [1.165, 1.54) is 19.3 Å². The summed E-state index contributed by atoms with van der Waals surface area (Å²) in [7, 11) is 0. The van der Waals surface area contributed by atoms with Gasteiger partial charge in [-0.15, -0.1) is 0 Å². The molecule has 62 valence electrons. The van der Waals surface area contributed by atoms with Crippen molar-refractivity contribution in [1.29, 1.82) is 0 Å². The van der Waals surface area contributed by atoms with E-state index in [4.69, 9.17) is 5.11 Å². The zero-order chi connectivity index (χ0) is 7.98. The first-order chi connectivity index (χ1) is 4.70. The van der Waals surface area contributed by atoms with E-state index in [-0.39, 0.29) is 6.10 Å². The number of hydrogen-bond donors (Lipinski definition) is 1. The Kier molecular flexibility index (Phi) is 5.70. The van der Waals surface area contributed by atoms with Crippen molar-refractivity contribution in [3.8, 4) is 0 Å². The standard InChI is InChI=1S/C9H20O/c1-4-9(5-2)7-6-8(3)10/h8-10H,4-7H2,1-3H3. The fourth-order valence-electron chi connectivity index (χ4n) is 1.17. The van der Waals surface area contributed by atoms with Gasteiger partial charge in [-0.3, -0.25) is 0 Å². The summed E-state index contributed by atoms with van der Waals surface area (Å²) in [6, 6.07) is 0. The molecule has 0 fully saturated rings. The van der Waals surface area contributed by atoms with Gasteiger partial charge in [0.2, 0.25) is 0 Å². The summed E-state index contributed by atoms with van der Waals surface area (Å²) in [4.78, 5) is 0. The lowest BCUT2D eigenvalue weighted by molar-refractivity contribution is 0.172. The quantitative estimate of drug-likeness (QED) is 0.628. The maximum Gasteiger partial charge on any atom is 0.0512 e. The topological polar surface area (TPSA) is 20.2 Å². The first-order valence-electron chi connectivity index (χ1n) is 4.38. The van der Waals surface area contributed by atoms with E-state index in [0.29, 0.717) is 0 Å². The highest BCUT2D eigenvalue weighted by molar-refractivity contribution is 4.57. The molecule has 0 aromatic carbocycles. The van der Waals surface area contributed by atoms with Crippen LogP contribution >= 0.6 is 0 Å². The summed E-state index contributed by atoms with van der Waals surface area (Å²) < 4.78 is 0. The van der Waals surface area contributed by atoms with E-state index >= 15 is 0 Å². The van der Waals surface area contributed by atoms with Gasteiger partial charge in [-0.05, 0) is 25.7 Å². The number of hydrogen-bond acceptors (Lipinski definition) is 1. The molecule has 0 saturated heterocycles. The van der Waals surface area contributed by atoms with Gasteiger partial charge in [-0.2, -0.15) is 0 Å². The van der Waals surface area contributed by atoms with Crippen LogP contribution in [0.3, 0.4) is 0 Å². The van der Waals surface area contributed by atoms with E-state index in [9.17, 15) is 0 Å². The zero-order valence-corrected chi connectivity index (χ0v) is 7.43. The first kappa shape index (κ1) is 9.96. The summed E-state index contributed by atoms with van der Waals surface area (Å²) in [6.07, 6.45) is 4.55. The van der Waals surface area contributed by atoms with Gasteiger partial charge in [-0.1, -0.05) is 26.7 Å². The molecule has 0 amide bonds. The minimum atomic E-state index is -0.111. The summed E-state index contributed by atoms with van der Waals surface area (Å²) >= 11 is 0. The van der Waals surface area contributed by atoms with E-state index in [2.05, 4.69) is 13.8 Å². The fourth-order valence-corrected chi connectivity index (χ4v) is 1.17. The van der Waals surface area contributed by atoms with Crippen molar-refractivity contribution in [2.45, 2.75) is 52.6 Å². The molecule has 0 aromatic heterocycles. The highest BCUT2D eigenvalue weighted by atomic mass is 16.3. The molecule has 0 spiro atoms. The SMILES string of the molecule is CCC(CC)CCC(C)O. The molecule has 0 aliphatic rings. The van der Waals surface area contributed by atoms with Crippen LogP contribution < -0.4 is 0 Å². The van der Waals surface area contributed by atoms with Crippen LogP contribution in [0.4, 0.5) is 0 Å². The van der Waals surface area contributed by atoms with E-state index in [1.807, 2.05) is 6.92 Å². The molecule has 0 rings (SSSR count). The number of rotatable bonds is 5. The predicted octanol–water partition coefficient (Wildman–Crippen LogP) is 2.58. The monoisotopic (exact) mass is 144 g/mol. The second kappa shape index (κ2) is 5.72. The lowest BCUT2D eigenvalue weighted by atomic mass is 9.96. The van der Waals surface area contributed by atoms with Crippen LogP contribution in [0, 0.1) is 5.92 Å². The maximum absolute atomic E-state index is 8.99. The van der Waals surface area contributed by atoms with Crippen molar-refractivity contribution in [2.75, 3.05) is 0 Å². The molecule has 0 heterocycles. The Morgan fingerprint density at radius 3 is 1.90 bits per heavy atom. The van der Waals surface area contributed by atoms with Gasteiger partial charge in [0, 0.05) is 0 Å². The minimum Gasteiger partial charge on any atom is -0.393 e. The molecule has 1 heteroatoms. The molecule has 0 aromatic rings. The summed E-state index contributed by atoms with van der Waals surface area (Å²) in [6.45, 7) is 6.30. The normalized spacial score (nSPS) is 14.1. The third-order valence-corrected chi connectivity index (χ3v) is 2.15. The van der Waals surface area contributed by atoms with Gasteiger partial charge in [0.15, 0.2) is 0 Å². The lowest BCUT2D eigenvalue weighted by Crippen LogP contribution is -2.04. The van der Waals surface area contributed by atoms with Crippen LogP contribution in [0.5, 0.6) is 0 Å². The molecule has 1 N–H and O–H groups in total. The van der Waals surface area contributed by atoms with Crippen molar-refractivity contribution < 1.29 is 5.11 Å². The Balaban J connectivity index is 3.26. The molecule has 0 radical (unpaired) electrons. The molecule has 0 aliphatic carbocycles. The second-order valence-electron chi connectivity index (χ2n) is 3.11. The van der Waals surface area contributed by atoms with Crippen LogP contribution in [-0.2, 0) is 0 Å². The number of aliphatic hydroxyl groups is 1. The Morgan fingerprint density at radius 1 is 1.10 bits per heavy atom. The van der Waals surface area contributed by atoms with Gasteiger partial charge in [0.05, 0.1) is 6.10 Å². The van der Waals surface area contributed by atoms with Crippen LogP contribution in [0.15, 0.2) is 0 Å². The molecule has 0 saturated carbocycles. The maximum atomic E-state index is 8.99. The predicted molar refractivity (Wildman–Crippen MR) is 45.0 cm³/mol.